The van der Waals surface area contributed by atoms with Crippen molar-refractivity contribution in [2.75, 3.05) is 0 Å². The summed E-state index contributed by atoms with van der Waals surface area (Å²) in [5.74, 6) is -1.29. The van der Waals surface area contributed by atoms with Gasteiger partial charge in [0.25, 0.3) is 0 Å². The molecule has 1 N–H and O–H groups in total. The van der Waals surface area contributed by atoms with Gasteiger partial charge in [-0.2, -0.15) is 0 Å². The van der Waals surface area contributed by atoms with Crippen LogP contribution in [-0.2, 0) is 4.79 Å². The fourth-order valence-electron chi connectivity index (χ4n) is 3.28. The van der Waals surface area contributed by atoms with Crippen LogP contribution in [0.1, 0.15) is 44.6 Å². The highest BCUT2D eigenvalue weighted by Gasteiger charge is 2.38. The highest BCUT2D eigenvalue weighted by molar-refractivity contribution is 9.10. The molecule has 0 aromatic heterocycles. The third-order valence-corrected chi connectivity index (χ3v) is 5.87. The molecule has 0 saturated heterocycles. The van der Waals surface area contributed by atoms with E-state index in [4.69, 9.17) is 11.6 Å². The van der Waals surface area contributed by atoms with Gasteiger partial charge in [0.2, 0.25) is 0 Å². The van der Waals surface area contributed by atoms with Crippen molar-refractivity contribution in [1.82, 2.24) is 0 Å². The summed E-state index contributed by atoms with van der Waals surface area (Å²) in [7, 11) is 0. The van der Waals surface area contributed by atoms with Gasteiger partial charge < -0.3 is 5.11 Å². The molecule has 1 fully saturated rings. The van der Waals surface area contributed by atoms with E-state index in [1.807, 2.05) is 0 Å². The molecule has 0 aliphatic heterocycles. The van der Waals surface area contributed by atoms with Crippen molar-refractivity contribution >= 4 is 33.5 Å². The van der Waals surface area contributed by atoms with Gasteiger partial charge in [-0.15, -0.1) is 0 Å². The van der Waals surface area contributed by atoms with Crippen LogP contribution in [0.4, 0.5) is 4.39 Å². The van der Waals surface area contributed by atoms with Crippen LogP contribution in [0.5, 0.6) is 0 Å². The number of benzene rings is 1. The van der Waals surface area contributed by atoms with Crippen molar-refractivity contribution in [3.63, 3.8) is 0 Å². The average molecular weight is 378 g/mol. The zero-order chi connectivity index (χ0) is 15.7. The minimum absolute atomic E-state index is 0.0308. The predicted molar refractivity (Wildman–Crippen MR) is 85.2 cm³/mol. The fraction of sp³-hybridized carbons (Fsp3) is 0.562. The van der Waals surface area contributed by atoms with Crippen molar-refractivity contribution in [3.05, 3.63) is 33.0 Å². The van der Waals surface area contributed by atoms with E-state index in [9.17, 15) is 14.3 Å². The molecule has 0 heterocycles. The minimum atomic E-state index is -0.847. The Labute approximate surface area is 137 Å². The van der Waals surface area contributed by atoms with E-state index in [0.717, 1.165) is 6.42 Å². The molecular weight excluding hydrogens is 359 g/mol. The standard InChI is InChI=1S/C16H19BrClFO2/c1-8(2)9-3-4-11(16(20)21)12(7-9)10-5-6-13(17)14(18)15(10)19/h5-6,8-9,11-12H,3-4,7H2,1-2H3,(H,20,21). The lowest BCUT2D eigenvalue weighted by Crippen LogP contribution is -2.31. The van der Waals surface area contributed by atoms with E-state index in [0.29, 0.717) is 34.7 Å². The molecule has 0 bridgehead atoms. The Bertz CT molecular complexity index is 547. The Kier molecular flexibility index (Phi) is 5.31. The SMILES string of the molecule is CC(C)C1CCC(C(=O)O)C(c2ccc(Br)c(Cl)c2F)C1. The van der Waals surface area contributed by atoms with Crippen LogP contribution in [0.2, 0.25) is 5.02 Å². The second-order valence-corrected chi connectivity index (χ2v) is 7.37. The molecular formula is C16H19BrClFO2. The molecule has 2 nitrogen and oxygen atoms in total. The lowest BCUT2D eigenvalue weighted by molar-refractivity contribution is -0.144. The number of carboxylic acids is 1. The molecule has 0 amide bonds. The molecule has 1 aromatic carbocycles. The largest absolute Gasteiger partial charge is 0.481 e. The summed E-state index contributed by atoms with van der Waals surface area (Å²) >= 11 is 9.15. The maximum atomic E-state index is 14.5. The highest BCUT2D eigenvalue weighted by atomic mass is 79.9. The summed E-state index contributed by atoms with van der Waals surface area (Å²) in [6.07, 6.45) is 2.18. The van der Waals surface area contributed by atoms with Crippen LogP contribution in [-0.4, -0.2) is 11.1 Å². The quantitative estimate of drug-likeness (QED) is 0.708. The number of aliphatic carboxylic acids is 1. The molecule has 2 rings (SSSR count). The molecule has 1 aliphatic carbocycles. The molecule has 0 radical (unpaired) electrons. The van der Waals surface area contributed by atoms with Crippen molar-refractivity contribution in [2.24, 2.45) is 17.8 Å². The molecule has 3 unspecified atom stereocenters. The summed E-state index contributed by atoms with van der Waals surface area (Å²) in [4.78, 5) is 11.5. The Morgan fingerprint density at radius 2 is 2.10 bits per heavy atom. The molecule has 3 atom stereocenters. The van der Waals surface area contributed by atoms with Gasteiger partial charge in [0.15, 0.2) is 0 Å². The van der Waals surface area contributed by atoms with Crippen LogP contribution in [0, 0.1) is 23.6 Å². The van der Waals surface area contributed by atoms with E-state index in [2.05, 4.69) is 29.8 Å². The number of rotatable bonds is 3. The fourth-order valence-corrected chi connectivity index (χ4v) is 3.75. The summed E-state index contributed by atoms with van der Waals surface area (Å²) in [6.45, 7) is 4.27. The van der Waals surface area contributed by atoms with Gasteiger partial charge in [0.1, 0.15) is 5.82 Å². The number of carboxylic acid groups (broad SMARTS) is 1. The summed E-state index contributed by atoms with van der Waals surface area (Å²) in [5.41, 5.74) is 0.431. The maximum Gasteiger partial charge on any atom is 0.307 e. The van der Waals surface area contributed by atoms with Gasteiger partial charge in [-0.3, -0.25) is 4.79 Å². The van der Waals surface area contributed by atoms with E-state index in [-0.39, 0.29) is 10.9 Å². The van der Waals surface area contributed by atoms with Crippen LogP contribution in [0.15, 0.2) is 16.6 Å². The van der Waals surface area contributed by atoms with Gasteiger partial charge in [-0.05, 0) is 58.7 Å². The smallest absolute Gasteiger partial charge is 0.307 e. The molecule has 21 heavy (non-hydrogen) atoms. The highest BCUT2D eigenvalue weighted by Crippen LogP contribution is 2.45. The summed E-state index contributed by atoms with van der Waals surface area (Å²) in [6, 6.07) is 3.35. The number of hydrogen-bond acceptors (Lipinski definition) is 1. The van der Waals surface area contributed by atoms with Crippen molar-refractivity contribution in [1.29, 1.82) is 0 Å². The van der Waals surface area contributed by atoms with Crippen LogP contribution < -0.4 is 0 Å². The maximum absolute atomic E-state index is 14.5. The van der Waals surface area contributed by atoms with Gasteiger partial charge >= 0.3 is 5.97 Å². The average Bonchev–Trinajstić information content (AvgIpc) is 2.44. The van der Waals surface area contributed by atoms with Crippen LogP contribution >= 0.6 is 27.5 Å². The van der Waals surface area contributed by atoms with Gasteiger partial charge in [-0.25, -0.2) is 4.39 Å². The van der Waals surface area contributed by atoms with Crippen molar-refractivity contribution in [3.8, 4) is 0 Å². The normalized spacial score (nSPS) is 26.1. The van der Waals surface area contributed by atoms with Gasteiger partial charge in [-0.1, -0.05) is 31.5 Å². The molecule has 1 aromatic rings. The zero-order valence-corrected chi connectivity index (χ0v) is 14.4. The second kappa shape index (κ2) is 6.66. The first kappa shape index (κ1) is 16.8. The molecule has 0 spiro atoms. The lowest BCUT2D eigenvalue weighted by atomic mass is 9.68. The molecule has 116 valence electrons. The van der Waals surface area contributed by atoms with E-state index < -0.39 is 17.7 Å². The van der Waals surface area contributed by atoms with Crippen molar-refractivity contribution in [2.45, 2.75) is 39.0 Å². The Morgan fingerprint density at radius 3 is 2.67 bits per heavy atom. The number of carbonyl (C=O) groups is 1. The van der Waals surface area contributed by atoms with Crippen molar-refractivity contribution < 1.29 is 14.3 Å². The zero-order valence-electron chi connectivity index (χ0n) is 12.1. The predicted octanol–water partition coefficient (Wildman–Crippen LogP) is 5.48. The van der Waals surface area contributed by atoms with Crippen LogP contribution in [0.3, 0.4) is 0 Å². The van der Waals surface area contributed by atoms with Gasteiger partial charge in [0, 0.05) is 10.4 Å². The topological polar surface area (TPSA) is 37.3 Å². The first-order chi connectivity index (χ1) is 9.82. The Morgan fingerprint density at radius 1 is 1.43 bits per heavy atom. The third-order valence-electron chi connectivity index (χ3n) is 4.62. The minimum Gasteiger partial charge on any atom is -0.481 e. The van der Waals surface area contributed by atoms with E-state index in [1.54, 1.807) is 12.1 Å². The second-order valence-electron chi connectivity index (χ2n) is 6.13. The Balaban J connectivity index is 2.40. The summed E-state index contributed by atoms with van der Waals surface area (Å²) in [5, 5.41) is 9.48. The number of halogens is 3. The first-order valence-corrected chi connectivity index (χ1v) is 8.36. The van der Waals surface area contributed by atoms with Crippen LogP contribution in [0.25, 0.3) is 0 Å². The molecule has 1 aliphatic rings. The molecule has 1 saturated carbocycles. The van der Waals surface area contributed by atoms with Gasteiger partial charge in [0.05, 0.1) is 10.9 Å². The summed E-state index contributed by atoms with van der Waals surface area (Å²) < 4.78 is 15.0. The van der Waals surface area contributed by atoms with E-state index in [1.165, 1.54) is 0 Å². The monoisotopic (exact) mass is 376 g/mol. The van der Waals surface area contributed by atoms with E-state index >= 15 is 0 Å². The lowest BCUT2D eigenvalue weighted by Gasteiger charge is -2.36. The first-order valence-electron chi connectivity index (χ1n) is 7.19. The number of hydrogen-bond donors (Lipinski definition) is 1. The molecule has 5 heteroatoms. The Hall–Kier alpha value is -0.610. The third kappa shape index (κ3) is 3.42.